The molecule has 2 heterocycles. The van der Waals surface area contributed by atoms with E-state index in [1.807, 2.05) is 18.2 Å². The number of hydrogen-bond acceptors (Lipinski definition) is 5. The minimum Gasteiger partial charge on any atom is -0.399 e. The first kappa shape index (κ1) is 12.6. The van der Waals surface area contributed by atoms with E-state index in [-0.39, 0.29) is 0 Å². The molecule has 20 heavy (non-hydrogen) atoms. The summed E-state index contributed by atoms with van der Waals surface area (Å²) in [5.41, 5.74) is 15.6. The third kappa shape index (κ3) is 2.47. The van der Waals surface area contributed by atoms with Crippen molar-refractivity contribution in [3.63, 3.8) is 0 Å². The second-order valence-electron chi connectivity index (χ2n) is 5.00. The molecule has 1 aromatic carbocycles. The first-order valence-electron chi connectivity index (χ1n) is 6.79. The van der Waals surface area contributed by atoms with E-state index in [4.69, 9.17) is 11.5 Å². The summed E-state index contributed by atoms with van der Waals surface area (Å²) in [6.07, 6.45) is 3.50. The predicted octanol–water partition coefficient (Wildman–Crippen LogP) is 1.57. The van der Waals surface area contributed by atoms with Gasteiger partial charge in [0.05, 0.1) is 17.6 Å². The average molecular weight is 269 g/mol. The highest BCUT2D eigenvalue weighted by Gasteiger charge is 2.18. The molecule has 1 aliphatic rings. The summed E-state index contributed by atoms with van der Waals surface area (Å²) in [6.45, 7) is 3.87. The number of nitrogens with zero attached hydrogens (tertiary/aromatic N) is 3. The van der Waals surface area contributed by atoms with Gasteiger partial charge < -0.3 is 21.3 Å². The minimum absolute atomic E-state index is 0.744. The molecule has 5 heteroatoms. The van der Waals surface area contributed by atoms with Crippen LogP contribution in [0.4, 0.5) is 22.7 Å². The van der Waals surface area contributed by atoms with Crippen LogP contribution in [0.3, 0.4) is 0 Å². The van der Waals surface area contributed by atoms with Gasteiger partial charge >= 0.3 is 0 Å². The van der Waals surface area contributed by atoms with Gasteiger partial charge in [-0.15, -0.1) is 0 Å². The van der Waals surface area contributed by atoms with Gasteiger partial charge in [-0.2, -0.15) is 0 Å². The molecule has 5 nitrogen and oxygen atoms in total. The monoisotopic (exact) mass is 269 g/mol. The lowest BCUT2D eigenvalue weighted by atomic mass is 10.2. The average Bonchev–Trinajstić information content (AvgIpc) is 2.49. The number of benzene rings is 1. The summed E-state index contributed by atoms with van der Waals surface area (Å²) in [7, 11) is 0. The van der Waals surface area contributed by atoms with E-state index in [0.717, 1.165) is 43.2 Å². The smallest absolute Gasteiger partial charge is 0.0738 e. The highest BCUT2D eigenvalue weighted by molar-refractivity contribution is 5.66. The van der Waals surface area contributed by atoms with E-state index < -0.39 is 0 Å². The number of nitrogens with two attached hydrogens (primary N) is 2. The lowest BCUT2D eigenvalue weighted by Crippen LogP contribution is -2.46. The summed E-state index contributed by atoms with van der Waals surface area (Å²) in [4.78, 5) is 8.72. The van der Waals surface area contributed by atoms with Crippen molar-refractivity contribution in [2.24, 2.45) is 0 Å². The van der Waals surface area contributed by atoms with Crippen LogP contribution in [0.5, 0.6) is 0 Å². The van der Waals surface area contributed by atoms with E-state index in [9.17, 15) is 0 Å². The molecule has 0 saturated carbocycles. The van der Waals surface area contributed by atoms with Crippen molar-refractivity contribution in [1.82, 2.24) is 4.98 Å². The molecule has 0 bridgehead atoms. The van der Waals surface area contributed by atoms with Crippen LogP contribution in [0.15, 0.2) is 42.7 Å². The Morgan fingerprint density at radius 1 is 0.850 bits per heavy atom. The zero-order valence-electron chi connectivity index (χ0n) is 11.4. The number of nitrogen functional groups attached to an aromatic ring is 2. The quantitative estimate of drug-likeness (QED) is 0.810. The van der Waals surface area contributed by atoms with Crippen LogP contribution in [-0.4, -0.2) is 31.2 Å². The molecular formula is C15H19N5. The number of aromatic nitrogens is 1. The molecule has 1 aromatic heterocycles. The molecule has 0 aliphatic carbocycles. The zero-order valence-corrected chi connectivity index (χ0v) is 11.4. The SMILES string of the molecule is Nc1ccc(N2CCN(c3ccncc3N)CC2)cc1. The molecule has 1 aliphatic heterocycles. The van der Waals surface area contributed by atoms with E-state index in [1.165, 1.54) is 5.69 Å². The summed E-state index contributed by atoms with van der Waals surface area (Å²) >= 11 is 0. The summed E-state index contributed by atoms with van der Waals surface area (Å²) in [5, 5.41) is 0. The topological polar surface area (TPSA) is 71.4 Å². The van der Waals surface area contributed by atoms with Gasteiger partial charge in [-0.1, -0.05) is 0 Å². The van der Waals surface area contributed by atoms with Crippen LogP contribution in [-0.2, 0) is 0 Å². The second kappa shape index (κ2) is 5.28. The van der Waals surface area contributed by atoms with Gasteiger partial charge in [0.25, 0.3) is 0 Å². The second-order valence-corrected chi connectivity index (χ2v) is 5.00. The lowest BCUT2D eigenvalue weighted by Gasteiger charge is -2.37. The lowest BCUT2D eigenvalue weighted by molar-refractivity contribution is 0.654. The number of hydrogen-bond donors (Lipinski definition) is 2. The normalized spacial score (nSPS) is 15.4. The molecule has 104 valence electrons. The highest BCUT2D eigenvalue weighted by Crippen LogP contribution is 2.24. The Hall–Kier alpha value is -2.43. The van der Waals surface area contributed by atoms with Gasteiger partial charge in [-0.25, -0.2) is 0 Å². The molecule has 0 amide bonds. The van der Waals surface area contributed by atoms with E-state index in [1.54, 1.807) is 12.4 Å². The zero-order chi connectivity index (χ0) is 13.9. The first-order valence-corrected chi connectivity index (χ1v) is 6.79. The number of pyridine rings is 1. The fraction of sp³-hybridized carbons (Fsp3) is 0.267. The molecule has 0 spiro atoms. The maximum atomic E-state index is 5.98. The van der Waals surface area contributed by atoms with Gasteiger partial charge in [0.15, 0.2) is 0 Å². The van der Waals surface area contributed by atoms with E-state index >= 15 is 0 Å². The Kier molecular flexibility index (Phi) is 3.33. The minimum atomic E-state index is 0.744. The Balaban J connectivity index is 1.68. The van der Waals surface area contributed by atoms with Gasteiger partial charge in [0.1, 0.15) is 0 Å². The fourth-order valence-electron chi connectivity index (χ4n) is 2.58. The van der Waals surface area contributed by atoms with Crippen molar-refractivity contribution in [3.05, 3.63) is 42.7 Å². The standard InChI is InChI=1S/C15H19N5/c16-12-1-3-13(4-2-12)19-7-9-20(10-8-19)15-5-6-18-11-14(15)17/h1-6,11H,7-10,16-17H2. The third-order valence-corrected chi connectivity index (χ3v) is 3.71. The van der Waals surface area contributed by atoms with E-state index in [2.05, 4.69) is 26.9 Å². The third-order valence-electron chi connectivity index (χ3n) is 3.71. The summed E-state index contributed by atoms with van der Waals surface area (Å²) < 4.78 is 0. The van der Waals surface area contributed by atoms with Crippen LogP contribution < -0.4 is 21.3 Å². The molecule has 3 rings (SSSR count). The van der Waals surface area contributed by atoms with Crippen molar-refractivity contribution < 1.29 is 0 Å². The van der Waals surface area contributed by atoms with Gasteiger partial charge in [-0.05, 0) is 30.3 Å². The largest absolute Gasteiger partial charge is 0.399 e. The van der Waals surface area contributed by atoms with Crippen molar-refractivity contribution in [2.45, 2.75) is 0 Å². The van der Waals surface area contributed by atoms with Crippen LogP contribution in [0.25, 0.3) is 0 Å². The van der Waals surface area contributed by atoms with Crippen molar-refractivity contribution in [2.75, 3.05) is 47.4 Å². The van der Waals surface area contributed by atoms with E-state index in [0.29, 0.717) is 0 Å². The summed E-state index contributed by atoms with van der Waals surface area (Å²) in [6, 6.07) is 10.0. The maximum Gasteiger partial charge on any atom is 0.0738 e. The van der Waals surface area contributed by atoms with Crippen molar-refractivity contribution in [1.29, 1.82) is 0 Å². The highest BCUT2D eigenvalue weighted by atomic mass is 15.3. The van der Waals surface area contributed by atoms with Gasteiger partial charge in [0, 0.05) is 43.8 Å². The van der Waals surface area contributed by atoms with Crippen LogP contribution in [0, 0.1) is 0 Å². The van der Waals surface area contributed by atoms with Gasteiger partial charge in [-0.3, -0.25) is 4.98 Å². The molecule has 0 unspecified atom stereocenters. The fourth-order valence-corrected chi connectivity index (χ4v) is 2.58. The molecule has 2 aromatic rings. The Morgan fingerprint density at radius 3 is 2.15 bits per heavy atom. The van der Waals surface area contributed by atoms with Crippen LogP contribution in [0.1, 0.15) is 0 Å². The van der Waals surface area contributed by atoms with Crippen molar-refractivity contribution >= 4 is 22.7 Å². The Labute approximate surface area is 118 Å². The van der Waals surface area contributed by atoms with Gasteiger partial charge in [0.2, 0.25) is 0 Å². The number of anilines is 4. The van der Waals surface area contributed by atoms with Crippen LogP contribution in [0.2, 0.25) is 0 Å². The molecule has 1 fully saturated rings. The molecular weight excluding hydrogens is 250 g/mol. The Morgan fingerprint density at radius 2 is 1.50 bits per heavy atom. The summed E-state index contributed by atoms with van der Waals surface area (Å²) in [5.74, 6) is 0. The molecule has 0 atom stereocenters. The number of piperazine rings is 1. The molecule has 0 radical (unpaired) electrons. The number of rotatable bonds is 2. The first-order chi connectivity index (χ1) is 9.74. The maximum absolute atomic E-state index is 5.98. The van der Waals surface area contributed by atoms with Crippen LogP contribution >= 0.6 is 0 Å². The molecule has 4 N–H and O–H groups in total. The predicted molar refractivity (Wildman–Crippen MR) is 83.9 cm³/mol. The Bertz CT molecular complexity index is 573. The molecule has 1 saturated heterocycles. The van der Waals surface area contributed by atoms with Crippen molar-refractivity contribution in [3.8, 4) is 0 Å².